The van der Waals surface area contributed by atoms with Gasteiger partial charge in [-0.05, 0) is 37.7 Å². The van der Waals surface area contributed by atoms with E-state index in [0.29, 0.717) is 5.92 Å². The van der Waals surface area contributed by atoms with Crippen molar-refractivity contribution in [2.75, 3.05) is 0 Å². The Morgan fingerprint density at radius 2 is 2.17 bits per heavy atom. The van der Waals surface area contributed by atoms with Crippen LogP contribution in [0.1, 0.15) is 38.5 Å². The Kier molecular flexibility index (Phi) is 4.13. The molecule has 1 N–H and O–H groups in total. The van der Waals surface area contributed by atoms with Gasteiger partial charge in [0.15, 0.2) is 0 Å². The Morgan fingerprint density at radius 3 is 2.83 bits per heavy atom. The maximum atomic E-state index is 9.62. The van der Waals surface area contributed by atoms with E-state index in [0.717, 1.165) is 19.3 Å². The summed E-state index contributed by atoms with van der Waals surface area (Å²) in [6, 6.07) is 0. The second-order valence-electron chi connectivity index (χ2n) is 3.60. The molecule has 0 amide bonds. The van der Waals surface area contributed by atoms with Gasteiger partial charge in [-0.1, -0.05) is 19.4 Å². The molecule has 0 spiro atoms. The predicted octanol–water partition coefficient (Wildman–Crippen LogP) is 2.66. The summed E-state index contributed by atoms with van der Waals surface area (Å²) in [6.07, 6.45) is 8.73. The second kappa shape index (κ2) is 5.18. The van der Waals surface area contributed by atoms with Gasteiger partial charge in [0.05, 0.1) is 6.10 Å². The molecule has 1 rings (SSSR count). The summed E-state index contributed by atoms with van der Waals surface area (Å²) >= 11 is 0. The highest BCUT2D eigenvalue weighted by atomic mass is 16.3. The molecule has 0 heterocycles. The number of allylic oxidation sites excluding steroid dienone is 1. The van der Waals surface area contributed by atoms with E-state index in [9.17, 15) is 5.11 Å². The van der Waals surface area contributed by atoms with Crippen LogP contribution in [0.3, 0.4) is 0 Å². The quantitative estimate of drug-likeness (QED) is 0.639. The van der Waals surface area contributed by atoms with Crippen molar-refractivity contribution in [3.05, 3.63) is 18.4 Å². The van der Waals surface area contributed by atoms with Crippen molar-refractivity contribution in [2.45, 2.75) is 44.6 Å². The molecule has 2 unspecified atom stereocenters. The molecule has 0 bridgehead atoms. The van der Waals surface area contributed by atoms with E-state index in [4.69, 9.17) is 0 Å². The van der Waals surface area contributed by atoms with Gasteiger partial charge in [0.25, 0.3) is 0 Å². The SMILES string of the molecule is C=C=CCCC1CCCCC1O. The number of hydrogen-bond donors (Lipinski definition) is 1. The first-order valence-electron chi connectivity index (χ1n) is 4.87. The molecule has 1 fully saturated rings. The Hall–Kier alpha value is -0.520. The summed E-state index contributed by atoms with van der Waals surface area (Å²) in [5, 5.41) is 9.62. The molecular formula is C11H18O. The lowest BCUT2D eigenvalue weighted by atomic mass is 9.84. The molecule has 0 radical (unpaired) electrons. The van der Waals surface area contributed by atoms with Crippen LogP contribution in [-0.4, -0.2) is 11.2 Å². The van der Waals surface area contributed by atoms with E-state index in [1.165, 1.54) is 19.3 Å². The molecule has 1 aliphatic carbocycles. The number of aliphatic hydroxyl groups is 1. The molecule has 0 aromatic heterocycles. The van der Waals surface area contributed by atoms with Crippen molar-refractivity contribution in [3.63, 3.8) is 0 Å². The number of hydrogen-bond acceptors (Lipinski definition) is 1. The lowest BCUT2D eigenvalue weighted by Gasteiger charge is -2.26. The highest BCUT2D eigenvalue weighted by Gasteiger charge is 2.21. The minimum atomic E-state index is -0.0445. The zero-order chi connectivity index (χ0) is 8.81. The van der Waals surface area contributed by atoms with Crippen molar-refractivity contribution in [1.82, 2.24) is 0 Å². The summed E-state index contributed by atoms with van der Waals surface area (Å²) in [5.41, 5.74) is 2.77. The van der Waals surface area contributed by atoms with Crippen LogP contribution in [0.4, 0.5) is 0 Å². The Morgan fingerprint density at radius 1 is 1.42 bits per heavy atom. The summed E-state index contributed by atoms with van der Waals surface area (Å²) in [5.74, 6) is 0.531. The van der Waals surface area contributed by atoms with E-state index in [1.807, 2.05) is 6.08 Å². The number of rotatable bonds is 3. The smallest absolute Gasteiger partial charge is 0.0568 e. The standard InChI is InChI=1S/C11H18O/c1-2-3-4-7-10-8-5-6-9-11(10)12/h3,10-12H,1,4-9H2. The first kappa shape index (κ1) is 9.57. The minimum Gasteiger partial charge on any atom is -0.393 e. The second-order valence-corrected chi connectivity index (χ2v) is 3.60. The topological polar surface area (TPSA) is 20.2 Å². The van der Waals surface area contributed by atoms with Crippen molar-refractivity contribution < 1.29 is 5.11 Å². The maximum absolute atomic E-state index is 9.62. The van der Waals surface area contributed by atoms with Crippen LogP contribution >= 0.6 is 0 Å². The molecule has 0 aromatic carbocycles. The first-order valence-corrected chi connectivity index (χ1v) is 4.87. The summed E-state index contributed by atoms with van der Waals surface area (Å²) in [7, 11) is 0. The van der Waals surface area contributed by atoms with E-state index < -0.39 is 0 Å². The van der Waals surface area contributed by atoms with E-state index in [-0.39, 0.29) is 6.10 Å². The highest BCUT2D eigenvalue weighted by molar-refractivity contribution is 4.80. The van der Waals surface area contributed by atoms with Gasteiger partial charge in [-0.15, -0.1) is 5.73 Å². The van der Waals surface area contributed by atoms with Gasteiger partial charge in [-0.3, -0.25) is 0 Å². The molecule has 68 valence electrons. The number of aliphatic hydroxyl groups excluding tert-OH is 1. The molecule has 12 heavy (non-hydrogen) atoms. The minimum absolute atomic E-state index is 0.0445. The zero-order valence-corrected chi connectivity index (χ0v) is 7.63. The third-order valence-electron chi connectivity index (χ3n) is 2.70. The van der Waals surface area contributed by atoms with Crippen LogP contribution in [0, 0.1) is 5.92 Å². The predicted molar refractivity (Wildman–Crippen MR) is 50.9 cm³/mol. The van der Waals surface area contributed by atoms with Gasteiger partial charge in [-0.2, -0.15) is 0 Å². The Balaban J connectivity index is 2.24. The molecule has 1 aliphatic rings. The summed E-state index contributed by atoms with van der Waals surface area (Å²) in [6.45, 7) is 3.52. The fourth-order valence-corrected chi connectivity index (χ4v) is 1.92. The van der Waals surface area contributed by atoms with Gasteiger partial charge in [0.2, 0.25) is 0 Å². The van der Waals surface area contributed by atoms with E-state index in [2.05, 4.69) is 12.3 Å². The third-order valence-corrected chi connectivity index (χ3v) is 2.70. The lowest BCUT2D eigenvalue weighted by Crippen LogP contribution is -2.23. The molecule has 1 saturated carbocycles. The average Bonchev–Trinajstić information content (AvgIpc) is 2.09. The van der Waals surface area contributed by atoms with Crippen LogP contribution in [-0.2, 0) is 0 Å². The van der Waals surface area contributed by atoms with Crippen molar-refractivity contribution in [2.24, 2.45) is 5.92 Å². The third kappa shape index (κ3) is 2.84. The first-order chi connectivity index (χ1) is 5.84. The average molecular weight is 166 g/mol. The zero-order valence-electron chi connectivity index (χ0n) is 7.63. The van der Waals surface area contributed by atoms with Crippen LogP contribution in [0.5, 0.6) is 0 Å². The normalized spacial score (nSPS) is 29.4. The Labute approximate surface area is 74.8 Å². The molecule has 1 nitrogen and oxygen atoms in total. The van der Waals surface area contributed by atoms with Gasteiger partial charge in [0.1, 0.15) is 0 Å². The van der Waals surface area contributed by atoms with E-state index in [1.54, 1.807) is 0 Å². The molecule has 0 aliphatic heterocycles. The molecule has 0 saturated heterocycles. The van der Waals surface area contributed by atoms with Gasteiger partial charge in [0, 0.05) is 0 Å². The van der Waals surface area contributed by atoms with Crippen molar-refractivity contribution in [3.8, 4) is 0 Å². The van der Waals surface area contributed by atoms with Crippen LogP contribution in [0.25, 0.3) is 0 Å². The molecule has 2 atom stereocenters. The Bertz CT molecular complexity index is 168. The van der Waals surface area contributed by atoms with Crippen LogP contribution < -0.4 is 0 Å². The summed E-state index contributed by atoms with van der Waals surface area (Å²) in [4.78, 5) is 0. The largest absolute Gasteiger partial charge is 0.393 e. The van der Waals surface area contributed by atoms with Crippen LogP contribution in [0.2, 0.25) is 0 Å². The molecule has 1 heteroatoms. The van der Waals surface area contributed by atoms with E-state index >= 15 is 0 Å². The fourth-order valence-electron chi connectivity index (χ4n) is 1.92. The monoisotopic (exact) mass is 166 g/mol. The molecular weight excluding hydrogens is 148 g/mol. The highest BCUT2D eigenvalue weighted by Crippen LogP contribution is 2.27. The van der Waals surface area contributed by atoms with Gasteiger partial charge < -0.3 is 5.11 Å². The summed E-state index contributed by atoms with van der Waals surface area (Å²) < 4.78 is 0. The van der Waals surface area contributed by atoms with Gasteiger partial charge >= 0.3 is 0 Å². The van der Waals surface area contributed by atoms with Gasteiger partial charge in [-0.25, -0.2) is 0 Å². The maximum Gasteiger partial charge on any atom is 0.0568 e. The fraction of sp³-hybridized carbons (Fsp3) is 0.727. The van der Waals surface area contributed by atoms with Crippen molar-refractivity contribution >= 4 is 0 Å². The van der Waals surface area contributed by atoms with Crippen LogP contribution in [0.15, 0.2) is 18.4 Å². The molecule has 0 aromatic rings. The lowest BCUT2D eigenvalue weighted by molar-refractivity contribution is 0.0659. The van der Waals surface area contributed by atoms with Crippen molar-refractivity contribution in [1.29, 1.82) is 0 Å².